The second-order valence-electron chi connectivity index (χ2n) is 5.79. The first-order valence-electron chi connectivity index (χ1n) is 7.83. The molecule has 0 spiro atoms. The Morgan fingerprint density at radius 2 is 2.15 bits per heavy atom. The van der Waals surface area contributed by atoms with Crippen LogP contribution in [0.15, 0.2) is 30.3 Å². The fraction of sp³-hybridized carbons (Fsp3) is 0.647. The summed E-state index contributed by atoms with van der Waals surface area (Å²) in [6.45, 7) is 6.47. The van der Waals surface area contributed by atoms with Gasteiger partial charge in [-0.3, -0.25) is 4.90 Å². The summed E-state index contributed by atoms with van der Waals surface area (Å²) in [6.07, 6.45) is 3.70. The topological polar surface area (TPSA) is 24.5 Å². The molecule has 1 aromatic rings. The molecule has 1 saturated heterocycles. The van der Waals surface area contributed by atoms with Gasteiger partial charge in [0.05, 0.1) is 6.61 Å². The molecule has 0 aliphatic carbocycles. The number of methoxy groups -OCH3 is 1. The van der Waals surface area contributed by atoms with Gasteiger partial charge in [-0.15, -0.1) is 0 Å². The van der Waals surface area contributed by atoms with E-state index < -0.39 is 0 Å². The molecular formula is C17H28N2O. The van der Waals surface area contributed by atoms with Gasteiger partial charge in [0.25, 0.3) is 0 Å². The zero-order valence-electron chi connectivity index (χ0n) is 12.8. The molecule has 2 unspecified atom stereocenters. The van der Waals surface area contributed by atoms with E-state index in [1.807, 2.05) is 0 Å². The van der Waals surface area contributed by atoms with Crippen LogP contribution < -0.4 is 5.32 Å². The van der Waals surface area contributed by atoms with Crippen LogP contribution in [0.2, 0.25) is 0 Å². The van der Waals surface area contributed by atoms with E-state index >= 15 is 0 Å². The Morgan fingerprint density at radius 1 is 1.35 bits per heavy atom. The van der Waals surface area contributed by atoms with Crippen molar-refractivity contribution >= 4 is 0 Å². The lowest BCUT2D eigenvalue weighted by molar-refractivity contribution is 0.133. The maximum Gasteiger partial charge on any atom is 0.0615 e. The predicted octanol–water partition coefficient (Wildman–Crippen LogP) is 2.67. The summed E-state index contributed by atoms with van der Waals surface area (Å²) in [7, 11) is 1.78. The Morgan fingerprint density at radius 3 is 2.85 bits per heavy atom. The fourth-order valence-corrected chi connectivity index (χ4v) is 3.00. The highest BCUT2D eigenvalue weighted by Gasteiger charge is 2.21. The van der Waals surface area contributed by atoms with E-state index in [-0.39, 0.29) is 0 Å². The molecule has 1 fully saturated rings. The van der Waals surface area contributed by atoms with Gasteiger partial charge >= 0.3 is 0 Å². The van der Waals surface area contributed by atoms with Crippen molar-refractivity contribution in [2.45, 2.75) is 44.8 Å². The third kappa shape index (κ3) is 4.89. The molecule has 0 saturated carbocycles. The van der Waals surface area contributed by atoms with E-state index in [0.29, 0.717) is 12.1 Å². The average Bonchev–Trinajstić information content (AvgIpc) is 2.48. The summed E-state index contributed by atoms with van der Waals surface area (Å²) in [5.74, 6) is 0. The van der Waals surface area contributed by atoms with E-state index in [4.69, 9.17) is 4.74 Å². The first-order chi connectivity index (χ1) is 9.81. The lowest BCUT2D eigenvalue weighted by Crippen LogP contribution is -2.49. The number of benzene rings is 1. The standard InChI is InChI=1S/C17H28N2O/c1-3-16(14-20-2)18-17-10-7-11-19(13-17)12-15-8-5-4-6-9-15/h4-6,8-9,16-18H,3,7,10-14H2,1-2H3. The Labute approximate surface area is 123 Å². The number of nitrogens with one attached hydrogen (secondary N) is 1. The minimum Gasteiger partial charge on any atom is -0.383 e. The maximum atomic E-state index is 5.28. The number of hydrogen-bond acceptors (Lipinski definition) is 3. The third-order valence-corrected chi connectivity index (χ3v) is 4.09. The van der Waals surface area contributed by atoms with Crippen LogP contribution in [-0.4, -0.2) is 43.8 Å². The van der Waals surface area contributed by atoms with Gasteiger partial charge in [0, 0.05) is 32.3 Å². The molecule has 3 nitrogen and oxygen atoms in total. The van der Waals surface area contributed by atoms with Crippen LogP contribution in [0.4, 0.5) is 0 Å². The summed E-state index contributed by atoms with van der Waals surface area (Å²) in [5.41, 5.74) is 1.41. The summed E-state index contributed by atoms with van der Waals surface area (Å²) in [5, 5.41) is 3.76. The normalized spacial score (nSPS) is 21.8. The summed E-state index contributed by atoms with van der Waals surface area (Å²) in [6, 6.07) is 11.9. The molecular weight excluding hydrogens is 248 g/mol. The minimum absolute atomic E-state index is 0.488. The molecule has 3 heteroatoms. The molecule has 1 aliphatic rings. The second kappa shape index (κ2) is 8.40. The Kier molecular flexibility index (Phi) is 6.51. The van der Waals surface area contributed by atoms with Crippen LogP contribution in [0.25, 0.3) is 0 Å². The van der Waals surface area contributed by atoms with Gasteiger partial charge < -0.3 is 10.1 Å². The summed E-state index contributed by atoms with van der Waals surface area (Å²) in [4.78, 5) is 2.57. The van der Waals surface area contributed by atoms with Gasteiger partial charge in [-0.1, -0.05) is 37.3 Å². The zero-order valence-corrected chi connectivity index (χ0v) is 12.8. The van der Waals surface area contributed by atoms with Gasteiger partial charge in [-0.2, -0.15) is 0 Å². The second-order valence-corrected chi connectivity index (χ2v) is 5.79. The van der Waals surface area contributed by atoms with Crippen molar-refractivity contribution in [3.8, 4) is 0 Å². The maximum absolute atomic E-state index is 5.28. The van der Waals surface area contributed by atoms with Gasteiger partial charge in [0.15, 0.2) is 0 Å². The monoisotopic (exact) mass is 276 g/mol. The average molecular weight is 276 g/mol. The van der Waals surface area contributed by atoms with Crippen molar-refractivity contribution in [3.05, 3.63) is 35.9 Å². The highest BCUT2D eigenvalue weighted by molar-refractivity contribution is 5.14. The molecule has 1 N–H and O–H groups in total. The van der Waals surface area contributed by atoms with E-state index in [1.54, 1.807) is 7.11 Å². The molecule has 20 heavy (non-hydrogen) atoms. The molecule has 1 aliphatic heterocycles. The van der Waals surface area contributed by atoms with Crippen LogP contribution in [0.5, 0.6) is 0 Å². The Balaban J connectivity index is 1.82. The van der Waals surface area contributed by atoms with Crippen molar-refractivity contribution in [2.24, 2.45) is 0 Å². The van der Waals surface area contributed by atoms with Crippen molar-refractivity contribution in [2.75, 3.05) is 26.8 Å². The van der Waals surface area contributed by atoms with Crippen molar-refractivity contribution < 1.29 is 4.74 Å². The molecule has 1 aromatic carbocycles. The molecule has 2 rings (SSSR count). The number of piperidine rings is 1. The van der Waals surface area contributed by atoms with E-state index in [2.05, 4.69) is 47.5 Å². The van der Waals surface area contributed by atoms with Crippen LogP contribution in [0.3, 0.4) is 0 Å². The van der Waals surface area contributed by atoms with Gasteiger partial charge in [0.1, 0.15) is 0 Å². The first kappa shape index (κ1) is 15.5. The Bertz CT molecular complexity index is 369. The smallest absolute Gasteiger partial charge is 0.0615 e. The van der Waals surface area contributed by atoms with Gasteiger partial charge in [-0.05, 0) is 31.4 Å². The van der Waals surface area contributed by atoms with Crippen molar-refractivity contribution in [3.63, 3.8) is 0 Å². The predicted molar refractivity (Wildman–Crippen MR) is 83.8 cm³/mol. The van der Waals surface area contributed by atoms with Crippen LogP contribution in [0.1, 0.15) is 31.7 Å². The number of nitrogens with zero attached hydrogens (tertiary/aromatic N) is 1. The van der Waals surface area contributed by atoms with E-state index in [0.717, 1.165) is 26.1 Å². The largest absolute Gasteiger partial charge is 0.383 e. The molecule has 0 aromatic heterocycles. The van der Waals surface area contributed by atoms with Gasteiger partial charge in [-0.25, -0.2) is 0 Å². The number of ether oxygens (including phenoxy) is 1. The molecule has 1 heterocycles. The van der Waals surface area contributed by atoms with Crippen molar-refractivity contribution in [1.82, 2.24) is 10.2 Å². The van der Waals surface area contributed by atoms with Crippen LogP contribution in [0, 0.1) is 0 Å². The minimum atomic E-state index is 0.488. The number of likely N-dealkylation sites (tertiary alicyclic amines) is 1. The quantitative estimate of drug-likeness (QED) is 0.828. The van der Waals surface area contributed by atoms with Crippen LogP contribution in [-0.2, 0) is 11.3 Å². The summed E-state index contributed by atoms with van der Waals surface area (Å²) < 4.78 is 5.28. The third-order valence-electron chi connectivity index (χ3n) is 4.09. The van der Waals surface area contributed by atoms with Crippen molar-refractivity contribution in [1.29, 1.82) is 0 Å². The fourth-order valence-electron chi connectivity index (χ4n) is 3.00. The molecule has 0 amide bonds. The highest BCUT2D eigenvalue weighted by atomic mass is 16.5. The number of rotatable bonds is 7. The molecule has 0 bridgehead atoms. The first-order valence-corrected chi connectivity index (χ1v) is 7.83. The van der Waals surface area contributed by atoms with E-state index in [1.165, 1.54) is 24.9 Å². The van der Waals surface area contributed by atoms with Gasteiger partial charge in [0.2, 0.25) is 0 Å². The lowest BCUT2D eigenvalue weighted by Gasteiger charge is -2.35. The number of hydrogen-bond donors (Lipinski definition) is 1. The van der Waals surface area contributed by atoms with Crippen LogP contribution >= 0.6 is 0 Å². The molecule has 2 atom stereocenters. The SMILES string of the molecule is CCC(COC)NC1CCCN(Cc2ccccc2)C1. The Hall–Kier alpha value is -0.900. The zero-order chi connectivity index (χ0) is 14.2. The van der Waals surface area contributed by atoms with E-state index in [9.17, 15) is 0 Å². The summed E-state index contributed by atoms with van der Waals surface area (Å²) >= 11 is 0. The molecule has 112 valence electrons. The highest BCUT2D eigenvalue weighted by Crippen LogP contribution is 2.14. The molecule has 0 radical (unpaired) electrons. The lowest BCUT2D eigenvalue weighted by atomic mass is 10.0.